The molecule has 2 bridgehead atoms. The minimum absolute atomic E-state index is 0.0631. The summed E-state index contributed by atoms with van der Waals surface area (Å²) in [5, 5.41) is 3.83. The average Bonchev–Trinajstić information content (AvgIpc) is 3.37. The van der Waals surface area contributed by atoms with Crippen LogP contribution >= 0.6 is 0 Å². The van der Waals surface area contributed by atoms with Gasteiger partial charge in [0.05, 0.1) is 26.2 Å². The monoisotopic (exact) mass is 498 g/mol. The largest absolute Gasteiger partial charge is 0.422 e. The van der Waals surface area contributed by atoms with Crippen molar-refractivity contribution in [2.45, 2.75) is 83.6 Å². The predicted octanol–water partition coefficient (Wildman–Crippen LogP) is 3.54. The number of pyridine rings is 1. The highest BCUT2D eigenvalue weighted by Gasteiger charge is 2.43. The molecule has 4 aliphatic rings. The molecule has 3 fully saturated rings. The summed E-state index contributed by atoms with van der Waals surface area (Å²) < 4.78 is 46.8. The maximum absolute atomic E-state index is 13.3. The Morgan fingerprint density at radius 1 is 1.20 bits per heavy atom. The molecule has 1 aromatic rings. The number of ether oxygens (including phenoxy) is 1. The van der Waals surface area contributed by atoms with Crippen LogP contribution in [0.4, 0.5) is 13.2 Å². The molecule has 1 N–H and O–H groups in total. The number of halogens is 3. The summed E-state index contributed by atoms with van der Waals surface area (Å²) in [6.07, 6.45) is 3.28. The number of carbonyl (C=O) groups excluding carboxylic acids is 1. The molecule has 3 heterocycles. The first kappa shape index (κ1) is 26.2. The first-order valence-corrected chi connectivity index (χ1v) is 13.1. The Morgan fingerprint density at radius 2 is 1.89 bits per heavy atom. The highest BCUT2D eigenvalue weighted by atomic mass is 19.4. The smallest absolute Gasteiger partial charge is 0.381 e. The molecule has 9 heteroatoms. The second kappa shape index (κ2) is 11.0. The van der Waals surface area contributed by atoms with Gasteiger partial charge in [0.1, 0.15) is 12.7 Å². The fraction of sp³-hybridized carbons (Fsp3) is 0.769. The number of nitrogens with zero attached hydrogens (tertiary/aromatic N) is 2. The molecule has 2 aliphatic carbocycles. The van der Waals surface area contributed by atoms with Crippen molar-refractivity contribution in [2.24, 2.45) is 17.8 Å². The standard InChI is InChI=1S/C23H31F3N3O3.C3H8/c1-31-29-11-18(23(24,25)26)8-17-10-28(7-6-20(17)29)22(30)14-4-5-19(9-14)27-21-15-2-3-16(21)13-32-12-15;1-3-2/h8,11,14-16,19,21,27H,2-7,9-10,12-13H2,1H3;3H2,1-2H3/q+1;. The number of carbonyl (C=O) groups is 1. The van der Waals surface area contributed by atoms with Gasteiger partial charge in [0.2, 0.25) is 17.8 Å². The molecule has 2 aliphatic heterocycles. The summed E-state index contributed by atoms with van der Waals surface area (Å²) in [6.45, 7) is 6.61. The minimum Gasteiger partial charge on any atom is -0.381 e. The van der Waals surface area contributed by atoms with Gasteiger partial charge in [-0.2, -0.15) is 13.2 Å². The van der Waals surface area contributed by atoms with Crippen molar-refractivity contribution in [3.05, 3.63) is 29.1 Å². The number of amides is 1. The predicted molar refractivity (Wildman–Crippen MR) is 124 cm³/mol. The molecule has 4 atom stereocenters. The van der Waals surface area contributed by atoms with E-state index in [0.717, 1.165) is 44.7 Å². The SMILES string of the molecule is CCC.CO[n+]1cc(C(F)(F)F)cc2c1CCN(C(=O)C1CCC(NC3C4CCC3COC4)C1)C2. The maximum atomic E-state index is 13.3. The van der Waals surface area contributed by atoms with Gasteiger partial charge < -0.3 is 15.0 Å². The summed E-state index contributed by atoms with van der Waals surface area (Å²) >= 11 is 0. The Labute approximate surface area is 206 Å². The van der Waals surface area contributed by atoms with Crippen LogP contribution in [0.3, 0.4) is 0 Å². The van der Waals surface area contributed by atoms with E-state index in [-0.39, 0.29) is 18.4 Å². The lowest BCUT2D eigenvalue weighted by atomic mass is 9.95. The fourth-order valence-electron chi connectivity index (χ4n) is 6.17. The zero-order valence-corrected chi connectivity index (χ0v) is 21.1. The number of alkyl halides is 3. The van der Waals surface area contributed by atoms with Crippen LogP contribution in [-0.2, 0) is 28.7 Å². The summed E-state index contributed by atoms with van der Waals surface area (Å²) in [5.74, 6) is 1.16. The van der Waals surface area contributed by atoms with Crippen LogP contribution in [0.1, 0.15) is 69.2 Å². The maximum Gasteiger partial charge on any atom is 0.422 e. The highest BCUT2D eigenvalue weighted by molar-refractivity contribution is 5.79. The van der Waals surface area contributed by atoms with Crippen LogP contribution in [0.25, 0.3) is 0 Å². The molecule has 0 spiro atoms. The quantitative estimate of drug-likeness (QED) is 0.646. The normalized spacial score (nSPS) is 29.9. The Bertz CT molecular complexity index is 879. The van der Waals surface area contributed by atoms with Gasteiger partial charge in [0.15, 0.2) is 0 Å². The van der Waals surface area contributed by atoms with Gasteiger partial charge in [-0.1, -0.05) is 20.3 Å². The van der Waals surface area contributed by atoms with Gasteiger partial charge >= 0.3 is 6.18 Å². The first-order valence-electron chi connectivity index (χ1n) is 13.1. The van der Waals surface area contributed by atoms with Crippen LogP contribution in [0.15, 0.2) is 12.3 Å². The van der Waals surface area contributed by atoms with Gasteiger partial charge in [-0.15, -0.1) is 0 Å². The second-order valence-corrected chi connectivity index (χ2v) is 10.5. The molecule has 196 valence electrons. The molecule has 0 radical (unpaired) electrons. The van der Waals surface area contributed by atoms with Crippen molar-refractivity contribution in [1.82, 2.24) is 10.2 Å². The number of rotatable bonds is 4. The molecule has 4 unspecified atom stereocenters. The number of hydrogen-bond acceptors (Lipinski definition) is 4. The Morgan fingerprint density at radius 3 is 2.51 bits per heavy atom. The first-order chi connectivity index (χ1) is 16.7. The van der Waals surface area contributed by atoms with Crippen molar-refractivity contribution < 1.29 is 32.3 Å². The summed E-state index contributed by atoms with van der Waals surface area (Å²) in [6, 6.07) is 1.99. The Hall–Kier alpha value is -1.87. The molecule has 1 amide bonds. The van der Waals surface area contributed by atoms with E-state index < -0.39 is 11.7 Å². The van der Waals surface area contributed by atoms with Gasteiger partial charge in [-0.3, -0.25) is 9.63 Å². The van der Waals surface area contributed by atoms with E-state index in [4.69, 9.17) is 9.57 Å². The summed E-state index contributed by atoms with van der Waals surface area (Å²) in [5.41, 5.74) is 0.446. The Kier molecular flexibility index (Phi) is 8.26. The van der Waals surface area contributed by atoms with Crippen molar-refractivity contribution >= 4 is 5.91 Å². The van der Waals surface area contributed by atoms with E-state index in [1.807, 2.05) is 0 Å². The number of aromatic nitrogens is 1. The molecule has 1 aromatic heterocycles. The molecule has 5 rings (SSSR count). The lowest BCUT2D eigenvalue weighted by Crippen LogP contribution is -2.51. The summed E-state index contributed by atoms with van der Waals surface area (Å²) in [4.78, 5) is 20.1. The number of fused-ring (bicyclic) bond motifs is 3. The van der Waals surface area contributed by atoms with E-state index >= 15 is 0 Å². The minimum atomic E-state index is -4.46. The lowest BCUT2D eigenvalue weighted by Gasteiger charge is -2.33. The van der Waals surface area contributed by atoms with Crippen molar-refractivity contribution in [2.75, 3.05) is 26.9 Å². The van der Waals surface area contributed by atoms with E-state index in [9.17, 15) is 18.0 Å². The third-order valence-corrected chi connectivity index (χ3v) is 7.84. The van der Waals surface area contributed by atoms with Crippen molar-refractivity contribution in [1.29, 1.82) is 0 Å². The molecular formula is C26H39F3N3O3+. The second-order valence-electron chi connectivity index (χ2n) is 10.5. The molecular weight excluding hydrogens is 459 g/mol. The highest BCUT2D eigenvalue weighted by Crippen LogP contribution is 2.38. The van der Waals surface area contributed by atoms with Crippen molar-refractivity contribution in [3.8, 4) is 0 Å². The summed E-state index contributed by atoms with van der Waals surface area (Å²) in [7, 11) is 1.36. The third-order valence-electron chi connectivity index (χ3n) is 7.84. The zero-order valence-electron chi connectivity index (χ0n) is 21.1. The number of hydrogen-bond donors (Lipinski definition) is 1. The molecule has 0 aromatic carbocycles. The molecule has 6 nitrogen and oxygen atoms in total. The van der Waals surface area contributed by atoms with Gasteiger partial charge in [-0.25, -0.2) is 0 Å². The van der Waals surface area contributed by atoms with Crippen LogP contribution in [-0.4, -0.2) is 49.8 Å². The van der Waals surface area contributed by atoms with Crippen LogP contribution in [0, 0.1) is 17.8 Å². The van der Waals surface area contributed by atoms with Crippen molar-refractivity contribution in [3.63, 3.8) is 0 Å². The molecule has 35 heavy (non-hydrogen) atoms. The third kappa shape index (κ3) is 5.77. The van der Waals surface area contributed by atoms with E-state index in [1.165, 1.54) is 31.1 Å². The van der Waals surface area contributed by atoms with Gasteiger partial charge in [-0.05, 0) is 50.0 Å². The number of nitrogens with one attached hydrogen (secondary N) is 1. The molecule has 2 saturated carbocycles. The van der Waals surface area contributed by atoms with Crippen LogP contribution < -0.4 is 14.9 Å². The topological polar surface area (TPSA) is 54.7 Å². The zero-order chi connectivity index (χ0) is 25.2. The van der Waals surface area contributed by atoms with Gasteiger partial charge in [0.25, 0.3) is 0 Å². The van der Waals surface area contributed by atoms with E-state index in [1.54, 1.807) is 4.90 Å². The Balaban J connectivity index is 0.000000917. The van der Waals surface area contributed by atoms with Gasteiger partial charge in [0, 0.05) is 34.8 Å². The fourth-order valence-corrected chi connectivity index (χ4v) is 6.17. The van der Waals surface area contributed by atoms with E-state index in [2.05, 4.69) is 19.2 Å². The molecule has 1 saturated heterocycles. The lowest BCUT2D eigenvalue weighted by molar-refractivity contribution is -0.891. The van der Waals surface area contributed by atoms with E-state index in [0.29, 0.717) is 48.1 Å². The average molecular weight is 499 g/mol. The van der Waals surface area contributed by atoms with Crippen LogP contribution in [0.5, 0.6) is 0 Å². The van der Waals surface area contributed by atoms with Crippen LogP contribution in [0.2, 0.25) is 0 Å².